The van der Waals surface area contributed by atoms with Gasteiger partial charge in [0.2, 0.25) is 0 Å². The van der Waals surface area contributed by atoms with Crippen LogP contribution < -0.4 is 5.32 Å². The third kappa shape index (κ3) is 2.56. The molecule has 0 aliphatic carbocycles. The van der Waals surface area contributed by atoms with Crippen LogP contribution in [0.2, 0.25) is 0 Å². The van der Waals surface area contributed by atoms with Crippen molar-refractivity contribution in [1.82, 2.24) is 19.7 Å². The first-order valence-electron chi connectivity index (χ1n) is 6.95. The van der Waals surface area contributed by atoms with Crippen LogP contribution in [0.25, 0.3) is 16.9 Å². The van der Waals surface area contributed by atoms with Crippen molar-refractivity contribution in [3.63, 3.8) is 0 Å². The number of rotatable bonds is 5. The fourth-order valence-electron chi connectivity index (χ4n) is 2.32. The first-order chi connectivity index (χ1) is 9.88. The molecule has 0 aromatic carbocycles. The standard InChI is InChI=1S/C16H18N4/c1-2-6-17-10-13-9-14(12-18-11-13)15-4-3-5-16-19-7-8-20(15)16/h3-5,7-9,11-12,17H,2,6,10H2,1H3. The quantitative estimate of drug-likeness (QED) is 0.722. The van der Waals surface area contributed by atoms with E-state index in [9.17, 15) is 0 Å². The van der Waals surface area contributed by atoms with Crippen molar-refractivity contribution in [2.45, 2.75) is 19.9 Å². The Morgan fingerprint density at radius 1 is 1.25 bits per heavy atom. The molecule has 3 aromatic heterocycles. The molecule has 0 aliphatic heterocycles. The first-order valence-corrected chi connectivity index (χ1v) is 6.95. The van der Waals surface area contributed by atoms with Crippen LogP contribution in [0.15, 0.2) is 49.1 Å². The average Bonchev–Trinajstić information content (AvgIpc) is 2.96. The van der Waals surface area contributed by atoms with Crippen molar-refractivity contribution in [2.24, 2.45) is 0 Å². The molecule has 0 bridgehead atoms. The molecule has 3 aromatic rings. The van der Waals surface area contributed by atoms with Gasteiger partial charge in [-0.05, 0) is 36.7 Å². The van der Waals surface area contributed by atoms with Crippen LogP contribution in [0.4, 0.5) is 0 Å². The lowest BCUT2D eigenvalue weighted by atomic mass is 10.1. The number of aromatic nitrogens is 3. The van der Waals surface area contributed by atoms with E-state index in [4.69, 9.17) is 0 Å². The highest BCUT2D eigenvalue weighted by Crippen LogP contribution is 2.20. The van der Waals surface area contributed by atoms with Gasteiger partial charge in [-0.25, -0.2) is 4.98 Å². The highest BCUT2D eigenvalue weighted by Gasteiger charge is 2.05. The summed E-state index contributed by atoms with van der Waals surface area (Å²) in [6.07, 6.45) is 8.76. The third-order valence-corrected chi connectivity index (χ3v) is 3.27. The minimum atomic E-state index is 0.856. The SMILES string of the molecule is CCCNCc1cncc(-c2cccc3nccn23)c1. The lowest BCUT2D eigenvalue weighted by Crippen LogP contribution is -2.13. The summed E-state index contributed by atoms with van der Waals surface area (Å²) in [5.41, 5.74) is 4.39. The molecule has 0 atom stereocenters. The van der Waals surface area contributed by atoms with E-state index in [2.05, 4.69) is 38.7 Å². The number of imidazole rings is 1. The van der Waals surface area contributed by atoms with Gasteiger partial charge in [0.1, 0.15) is 5.65 Å². The van der Waals surface area contributed by atoms with E-state index < -0.39 is 0 Å². The number of pyridine rings is 2. The van der Waals surface area contributed by atoms with Gasteiger partial charge in [0, 0.05) is 36.9 Å². The largest absolute Gasteiger partial charge is 0.313 e. The maximum atomic E-state index is 4.36. The molecule has 3 rings (SSSR count). The second-order valence-electron chi connectivity index (χ2n) is 4.83. The van der Waals surface area contributed by atoms with E-state index in [1.54, 1.807) is 0 Å². The highest BCUT2D eigenvalue weighted by atomic mass is 15.0. The second kappa shape index (κ2) is 5.84. The van der Waals surface area contributed by atoms with Crippen molar-refractivity contribution in [1.29, 1.82) is 0 Å². The Hall–Kier alpha value is -2.20. The molecule has 1 N–H and O–H groups in total. The Bertz CT molecular complexity index is 702. The molecule has 20 heavy (non-hydrogen) atoms. The fourth-order valence-corrected chi connectivity index (χ4v) is 2.32. The number of fused-ring (bicyclic) bond motifs is 1. The summed E-state index contributed by atoms with van der Waals surface area (Å²) in [6, 6.07) is 8.31. The Labute approximate surface area is 118 Å². The Morgan fingerprint density at radius 3 is 3.10 bits per heavy atom. The highest BCUT2D eigenvalue weighted by molar-refractivity contribution is 5.63. The average molecular weight is 266 g/mol. The first kappa shape index (κ1) is 12.8. The number of nitrogens with zero attached hydrogens (tertiary/aromatic N) is 3. The lowest BCUT2D eigenvalue weighted by Gasteiger charge is -2.08. The smallest absolute Gasteiger partial charge is 0.137 e. The Balaban J connectivity index is 1.93. The number of nitrogens with one attached hydrogen (secondary N) is 1. The van der Waals surface area contributed by atoms with E-state index >= 15 is 0 Å². The van der Waals surface area contributed by atoms with Crippen molar-refractivity contribution in [2.75, 3.05) is 6.54 Å². The molecule has 0 unspecified atom stereocenters. The van der Waals surface area contributed by atoms with Gasteiger partial charge < -0.3 is 5.32 Å². The third-order valence-electron chi connectivity index (χ3n) is 3.27. The summed E-state index contributed by atoms with van der Waals surface area (Å²) in [5, 5.41) is 3.40. The van der Waals surface area contributed by atoms with Crippen LogP contribution in [0, 0.1) is 0 Å². The van der Waals surface area contributed by atoms with Gasteiger partial charge >= 0.3 is 0 Å². The minimum absolute atomic E-state index is 0.856. The van der Waals surface area contributed by atoms with Gasteiger partial charge in [0.05, 0.1) is 5.69 Å². The van der Waals surface area contributed by atoms with Gasteiger partial charge in [0.25, 0.3) is 0 Å². The molecular formula is C16H18N4. The summed E-state index contributed by atoms with van der Waals surface area (Å²) in [4.78, 5) is 8.68. The maximum absolute atomic E-state index is 4.36. The van der Waals surface area contributed by atoms with Crippen LogP contribution >= 0.6 is 0 Å². The van der Waals surface area contributed by atoms with E-state index in [1.165, 1.54) is 5.56 Å². The van der Waals surface area contributed by atoms with Gasteiger partial charge in [-0.3, -0.25) is 9.38 Å². The number of hydrogen-bond donors (Lipinski definition) is 1. The summed E-state index contributed by atoms with van der Waals surface area (Å²) < 4.78 is 2.08. The van der Waals surface area contributed by atoms with Crippen LogP contribution in [0.1, 0.15) is 18.9 Å². The molecule has 0 radical (unpaired) electrons. The molecule has 3 heterocycles. The van der Waals surface area contributed by atoms with Gasteiger partial charge in [0.15, 0.2) is 0 Å². The van der Waals surface area contributed by atoms with Crippen molar-refractivity contribution in [3.8, 4) is 11.3 Å². The lowest BCUT2D eigenvalue weighted by molar-refractivity contribution is 0.674. The zero-order valence-electron chi connectivity index (χ0n) is 11.6. The topological polar surface area (TPSA) is 42.2 Å². The monoisotopic (exact) mass is 266 g/mol. The molecule has 0 saturated carbocycles. The molecule has 4 heteroatoms. The molecule has 0 saturated heterocycles. The van der Waals surface area contributed by atoms with Crippen LogP contribution in [-0.2, 0) is 6.54 Å². The predicted octanol–water partition coefficient (Wildman–Crippen LogP) is 2.90. The molecule has 0 amide bonds. The molecule has 0 aliphatic rings. The summed E-state index contributed by atoms with van der Waals surface area (Å²) in [5.74, 6) is 0. The molecular weight excluding hydrogens is 248 g/mol. The van der Waals surface area contributed by atoms with E-state index in [1.807, 2.05) is 36.9 Å². The van der Waals surface area contributed by atoms with Crippen LogP contribution in [0.3, 0.4) is 0 Å². The molecule has 4 nitrogen and oxygen atoms in total. The van der Waals surface area contributed by atoms with Crippen molar-refractivity contribution >= 4 is 5.65 Å². The molecule has 0 spiro atoms. The molecule has 0 fully saturated rings. The Kier molecular flexibility index (Phi) is 3.74. The summed E-state index contributed by atoms with van der Waals surface area (Å²) >= 11 is 0. The minimum Gasteiger partial charge on any atom is -0.313 e. The van der Waals surface area contributed by atoms with Gasteiger partial charge in [-0.1, -0.05) is 13.0 Å². The van der Waals surface area contributed by atoms with Crippen LogP contribution in [0.5, 0.6) is 0 Å². The van der Waals surface area contributed by atoms with E-state index in [0.29, 0.717) is 0 Å². The second-order valence-corrected chi connectivity index (χ2v) is 4.83. The van der Waals surface area contributed by atoms with Gasteiger partial charge in [-0.15, -0.1) is 0 Å². The van der Waals surface area contributed by atoms with Gasteiger partial charge in [-0.2, -0.15) is 0 Å². The normalized spacial score (nSPS) is 11.1. The van der Waals surface area contributed by atoms with E-state index in [0.717, 1.165) is 36.4 Å². The maximum Gasteiger partial charge on any atom is 0.137 e. The Morgan fingerprint density at radius 2 is 2.20 bits per heavy atom. The summed E-state index contributed by atoms with van der Waals surface area (Å²) in [7, 11) is 0. The zero-order valence-corrected chi connectivity index (χ0v) is 11.6. The van der Waals surface area contributed by atoms with Crippen molar-refractivity contribution < 1.29 is 0 Å². The van der Waals surface area contributed by atoms with E-state index in [-0.39, 0.29) is 0 Å². The molecule has 102 valence electrons. The fraction of sp³-hybridized carbons (Fsp3) is 0.250. The summed E-state index contributed by atoms with van der Waals surface area (Å²) in [6.45, 7) is 4.05. The van der Waals surface area contributed by atoms with Crippen molar-refractivity contribution in [3.05, 3.63) is 54.6 Å². The van der Waals surface area contributed by atoms with Crippen LogP contribution in [-0.4, -0.2) is 20.9 Å². The number of hydrogen-bond acceptors (Lipinski definition) is 3. The predicted molar refractivity (Wildman–Crippen MR) is 80.4 cm³/mol. The zero-order chi connectivity index (χ0) is 13.8.